The first-order valence-corrected chi connectivity index (χ1v) is 6.04. The molecule has 0 fully saturated rings. The van der Waals surface area contributed by atoms with Crippen molar-refractivity contribution in [3.05, 3.63) is 28.8 Å². The van der Waals surface area contributed by atoms with Crippen LogP contribution in [0.2, 0.25) is 5.02 Å². The normalized spacial score (nSPS) is 12.3. The molecule has 3 nitrogen and oxygen atoms in total. The maximum absolute atomic E-state index is 13.4. The summed E-state index contributed by atoms with van der Waals surface area (Å²) >= 11 is 5.65. The zero-order valence-electron chi connectivity index (χ0n) is 9.97. The summed E-state index contributed by atoms with van der Waals surface area (Å²) in [5.41, 5.74) is 5.39. The summed E-state index contributed by atoms with van der Waals surface area (Å²) in [6, 6.07) is 0.849. The molecule has 0 bridgehead atoms. The molecule has 0 aliphatic carbocycles. The summed E-state index contributed by atoms with van der Waals surface area (Å²) in [7, 11) is 0. The average molecular weight is 277 g/mol. The molecule has 3 N–H and O–H groups in total. The number of nitrogens with two attached hydrogens (primary N) is 1. The summed E-state index contributed by atoms with van der Waals surface area (Å²) in [5.74, 6) is -2.25. The van der Waals surface area contributed by atoms with Gasteiger partial charge in [-0.2, -0.15) is 0 Å². The molecule has 0 aromatic heterocycles. The van der Waals surface area contributed by atoms with Crippen LogP contribution in [-0.4, -0.2) is 11.9 Å². The fraction of sp³-hybridized carbons (Fsp3) is 0.417. The highest BCUT2D eigenvalue weighted by molar-refractivity contribution is 6.33. The van der Waals surface area contributed by atoms with Crippen molar-refractivity contribution >= 4 is 23.2 Å². The SMILES string of the molecule is CCCC[C@H](N)C(=O)Nc1c(F)cc(F)cc1Cl. The number of halogens is 3. The first-order chi connectivity index (χ1) is 8.45. The summed E-state index contributed by atoms with van der Waals surface area (Å²) in [6.45, 7) is 1.97. The minimum absolute atomic E-state index is 0.191. The highest BCUT2D eigenvalue weighted by Crippen LogP contribution is 2.26. The number of benzene rings is 1. The third-order valence-corrected chi connectivity index (χ3v) is 2.76. The number of hydrogen-bond donors (Lipinski definition) is 2. The number of unbranched alkanes of at least 4 members (excludes halogenated alkanes) is 1. The van der Waals surface area contributed by atoms with Gasteiger partial charge in [0.15, 0.2) is 5.82 Å². The Balaban J connectivity index is 2.76. The van der Waals surface area contributed by atoms with Gasteiger partial charge in [-0.25, -0.2) is 8.78 Å². The van der Waals surface area contributed by atoms with Crippen LogP contribution < -0.4 is 11.1 Å². The number of nitrogens with one attached hydrogen (secondary N) is 1. The van der Waals surface area contributed by atoms with E-state index in [9.17, 15) is 13.6 Å². The number of carbonyl (C=O) groups is 1. The van der Waals surface area contributed by atoms with Crippen molar-refractivity contribution in [2.24, 2.45) is 5.73 Å². The van der Waals surface area contributed by atoms with Gasteiger partial charge in [-0.3, -0.25) is 4.79 Å². The van der Waals surface area contributed by atoms with Gasteiger partial charge in [-0.1, -0.05) is 31.4 Å². The highest BCUT2D eigenvalue weighted by atomic mass is 35.5. The van der Waals surface area contributed by atoms with Gasteiger partial charge in [0.2, 0.25) is 5.91 Å². The Bertz CT molecular complexity index is 417. The van der Waals surface area contributed by atoms with Crippen LogP contribution in [0.3, 0.4) is 0 Å². The molecular weight excluding hydrogens is 262 g/mol. The van der Waals surface area contributed by atoms with Gasteiger partial charge in [0, 0.05) is 6.07 Å². The lowest BCUT2D eigenvalue weighted by Gasteiger charge is -2.13. The molecule has 1 aromatic carbocycles. The van der Waals surface area contributed by atoms with Gasteiger partial charge < -0.3 is 11.1 Å². The minimum atomic E-state index is -0.920. The Morgan fingerprint density at radius 1 is 1.50 bits per heavy atom. The molecule has 0 spiro atoms. The van der Waals surface area contributed by atoms with Crippen LogP contribution in [0.1, 0.15) is 26.2 Å². The van der Waals surface area contributed by atoms with E-state index in [4.69, 9.17) is 17.3 Å². The topological polar surface area (TPSA) is 55.1 Å². The second-order valence-electron chi connectivity index (χ2n) is 3.98. The van der Waals surface area contributed by atoms with Crippen LogP contribution >= 0.6 is 11.6 Å². The fourth-order valence-electron chi connectivity index (χ4n) is 1.43. The second kappa shape index (κ2) is 6.66. The number of carbonyl (C=O) groups excluding carboxylic acids is 1. The van der Waals surface area contributed by atoms with Crippen LogP contribution in [0, 0.1) is 11.6 Å². The molecule has 100 valence electrons. The Kier molecular flexibility index (Phi) is 5.50. The molecule has 0 aliphatic rings. The molecule has 6 heteroatoms. The smallest absolute Gasteiger partial charge is 0.241 e. The van der Waals surface area contributed by atoms with E-state index in [1.54, 1.807) is 0 Å². The van der Waals surface area contributed by atoms with Crippen molar-refractivity contribution in [1.29, 1.82) is 0 Å². The predicted octanol–water partition coefficient (Wildman–Crippen LogP) is 3.07. The van der Waals surface area contributed by atoms with Gasteiger partial charge in [-0.15, -0.1) is 0 Å². The molecule has 0 saturated heterocycles. The van der Waals surface area contributed by atoms with Gasteiger partial charge in [0.1, 0.15) is 5.82 Å². The summed E-state index contributed by atoms with van der Waals surface area (Å²) in [4.78, 5) is 11.7. The van der Waals surface area contributed by atoms with Crippen molar-refractivity contribution < 1.29 is 13.6 Å². The average Bonchev–Trinajstić information content (AvgIpc) is 2.30. The van der Waals surface area contributed by atoms with Gasteiger partial charge >= 0.3 is 0 Å². The standard InChI is InChI=1S/C12H15ClF2N2O/c1-2-3-4-10(16)12(18)17-11-8(13)5-7(14)6-9(11)15/h5-6,10H,2-4,16H2,1H3,(H,17,18)/t10-/m0/s1. The van der Waals surface area contributed by atoms with E-state index in [2.05, 4.69) is 5.32 Å². The zero-order chi connectivity index (χ0) is 13.7. The summed E-state index contributed by atoms with van der Waals surface area (Å²) < 4.78 is 26.2. The van der Waals surface area contributed by atoms with Crippen molar-refractivity contribution in [1.82, 2.24) is 0 Å². The van der Waals surface area contributed by atoms with Crippen molar-refractivity contribution in [2.75, 3.05) is 5.32 Å². The van der Waals surface area contributed by atoms with E-state index in [1.165, 1.54) is 0 Å². The molecule has 1 atom stereocenters. The van der Waals surface area contributed by atoms with E-state index in [0.717, 1.165) is 18.9 Å². The number of rotatable bonds is 5. The lowest BCUT2D eigenvalue weighted by atomic mass is 10.1. The number of anilines is 1. The molecule has 1 aromatic rings. The first kappa shape index (κ1) is 14.9. The summed E-state index contributed by atoms with van der Waals surface area (Å²) in [6.07, 6.45) is 2.21. The Hall–Kier alpha value is -1.20. The molecule has 1 rings (SSSR count). The highest BCUT2D eigenvalue weighted by Gasteiger charge is 2.17. The largest absolute Gasteiger partial charge is 0.321 e. The number of hydrogen-bond acceptors (Lipinski definition) is 2. The van der Waals surface area contributed by atoms with E-state index >= 15 is 0 Å². The van der Waals surface area contributed by atoms with Crippen LogP contribution in [0.15, 0.2) is 12.1 Å². The van der Waals surface area contributed by atoms with E-state index < -0.39 is 23.6 Å². The van der Waals surface area contributed by atoms with E-state index in [-0.39, 0.29) is 10.7 Å². The van der Waals surface area contributed by atoms with Crippen LogP contribution in [0.5, 0.6) is 0 Å². The monoisotopic (exact) mass is 276 g/mol. The summed E-state index contributed by atoms with van der Waals surface area (Å²) in [5, 5.41) is 2.09. The third kappa shape index (κ3) is 3.92. The van der Waals surface area contributed by atoms with Gasteiger partial charge in [0.25, 0.3) is 0 Å². The molecule has 0 saturated carbocycles. The molecule has 0 radical (unpaired) electrons. The van der Waals surface area contributed by atoms with E-state index in [0.29, 0.717) is 12.5 Å². The molecule has 1 amide bonds. The molecule has 0 unspecified atom stereocenters. The Morgan fingerprint density at radius 2 is 2.17 bits per heavy atom. The lowest BCUT2D eigenvalue weighted by Crippen LogP contribution is -2.35. The minimum Gasteiger partial charge on any atom is -0.321 e. The molecule has 18 heavy (non-hydrogen) atoms. The van der Waals surface area contributed by atoms with Crippen LogP contribution in [0.4, 0.5) is 14.5 Å². The van der Waals surface area contributed by atoms with Crippen LogP contribution in [0.25, 0.3) is 0 Å². The van der Waals surface area contributed by atoms with Crippen molar-refractivity contribution in [2.45, 2.75) is 32.2 Å². The van der Waals surface area contributed by atoms with Gasteiger partial charge in [-0.05, 0) is 12.5 Å². The molecule has 0 heterocycles. The lowest BCUT2D eigenvalue weighted by molar-refractivity contribution is -0.117. The third-order valence-electron chi connectivity index (χ3n) is 2.46. The maximum Gasteiger partial charge on any atom is 0.241 e. The zero-order valence-corrected chi connectivity index (χ0v) is 10.7. The Labute approximate surface area is 109 Å². The quantitative estimate of drug-likeness (QED) is 0.868. The van der Waals surface area contributed by atoms with Gasteiger partial charge in [0.05, 0.1) is 16.8 Å². The number of amides is 1. The predicted molar refractivity (Wildman–Crippen MR) is 67.5 cm³/mol. The van der Waals surface area contributed by atoms with Crippen molar-refractivity contribution in [3.63, 3.8) is 0 Å². The van der Waals surface area contributed by atoms with E-state index in [1.807, 2.05) is 6.92 Å². The molecule has 0 aliphatic heterocycles. The van der Waals surface area contributed by atoms with Crippen LogP contribution in [-0.2, 0) is 4.79 Å². The maximum atomic E-state index is 13.4. The fourth-order valence-corrected chi connectivity index (χ4v) is 1.67. The van der Waals surface area contributed by atoms with Crippen molar-refractivity contribution in [3.8, 4) is 0 Å². The Morgan fingerprint density at radius 3 is 2.72 bits per heavy atom. The second-order valence-corrected chi connectivity index (χ2v) is 4.39. The molecular formula is C12H15ClF2N2O. The first-order valence-electron chi connectivity index (χ1n) is 5.66.